The van der Waals surface area contributed by atoms with Crippen molar-refractivity contribution in [1.29, 1.82) is 0 Å². The number of para-hydroxylation sites is 1. The van der Waals surface area contributed by atoms with Gasteiger partial charge >= 0.3 is 5.97 Å². The normalized spacial score (nSPS) is 10.4. The van der Waals surface area contributed by atoms with Crippen LogP contribution in [0.15, 0.2) is 54.9 Å². The molecule has 0 fully saturated rings. The van der Waals surface area contributed by atoms with Gasteiger partial charge in [0.05, 0.1) is 31.7 Å². The van der Waals surface area contributed by atoms with Gasteiger partial charge in [0.25, 0.3) is 0 Å². The molecule has 0 aliphatic rings. The van der Waals surface area contributed by atoms with Gasteiger partial charge in [0, 0.05) is 17.3 Å². The largest absolute Gasteiger partial charge is 0.493 e. The van der Waals surface area contributed by atoms with Crippen LogP contribution in [-0.2, 0) is 0 Å². The summed E-state index contributed by atoms with van der Waals surface area (Å²) >= 11 is 0. The number of benzene rings is 2. The Hall–Kier alpha value is -3.28. The summed E-state index contributed by atoms with van der Waals surface area (Å²) in [6.07, 6.45) is 3.48. The molecular formula is C18H16N2O4. The van der Waals surface area contributed by atoms with Crippen LogP contribution in [0.3, 0.4) is 0 Å². The van der Waals surface area contributed by atoms with Gasteiger partial charge in [0.15, 0.2) is 11.5 Å². The van der Waals surface area contributed by atoms with Crippen molar-refractivity contribution < 1.29 is 19.4 Å². The Labute approximate surface area is 138 Å². The molecule has 0 unspecified atom stereocenters. The first kappa shape index (κ1) is 15.6. The third-order valence-corrected chi connectivity index (χ3v) is 3.64. The number of methoxy groups -OCH3 is 2. The van der Waals surface area contributed by atoms with E-state index >= 15 is 0 Å². The van der Waals surface area contributed by atoms with Crippen LogP contribution in [-0.4, -0.2) is 35.1 Å². The molecule has 0 spiro atoms. The third kappa shape index (κ3) is 2.81. The van der Waals surface area contributed by atoms with E-state index in [1.54, 1.807) is 16.9 Å². The Balaban J connectivity index is 2.13. The van der Waals surface area contributed by atoms with E-state index in [-0.39, 0.29) is 5.56 Å². The molecular weight excluding hydrogens is 308 g/mol. The molecule has 122 valence electrons. The Morgan fingerprint density at radius 3 is 2.50 bits per heavy atom. The summed E-state index contributed by atoms with van der Waals surface area (Å²) in [4.78, 5) is 11.4. The second-order valence-electron chi connectivity index (χ2n) is 5.07. The lowest BCUT2D eigenvalue weighted by Crippen LogP contribution is -2.00. The second kappa shape index (κ2) is 6.45. The molecule has 1 aromatic heterocycles. The van der Waals surface area contributed by atoms with Gasteiger partial charge < -0.3 is 14.6 Å². The van der Waals surface area contributed by atoms with Crippen LogP contribution in [0, 0.1) is 0 Å². The van der Waals surface area contributed by atoms with E-state index in [0.29, 0.717) is 17.1 Å². The highest BCUT2D eigenvalue weighted by Crippen LogP contribution is 2.39. The Morgan fingerprint density at radius 1 is 1.12 bits per heavy atom. The molecule has 3 aromatic rings. The maximum Gasteiger partial charge on any atom is 0.335 e. The zero-order chi connectivity index (χ0) is 17.1. The van der Waals surface area contributed by atoms with Crippen LogP contribution in [0.1, 0.15) is 10.4 Å². The number of nitrogens with zero attached hydrogens (tertiary/aromatic N) is 2. The molecule has 1 N–H and O–H groups in total. The molecule has 6 heteroatoms. The quantitative estimate of drug-likeness (QED) is 0.780. The topological polar surface area (TPSA) is 73.6 Å². The first-order chi connectivity index (χ1) is 11.6. The average molecular weight is 324 g/mol. The molecule has 0 saturated heterocycles. The summed E-state index contributed by atoms with van der Waals surface area (Å²) in [6, 6.07) is 12.6. The fourth-order valence-electron chi connectivity index (χ4n) is 2.49. The number of hydrogen-bond acceptors (Lipinski definition) is 4. The van der Waals surface area contributed by atoms with Gasteiger partial charge in [-0.1, -0.05) is 18.2 Å². The molecule has 0 bridgehead atoms. The fraction of sp³-hybridized carbons (Fsp3) is 0.111. The molecule has 3 rings (SSSR count). The first-order valence-electron chi connectivity index (χ1n) is 7.24. The molecule has 0 saturated carbocycles. The molecule has 2 aromatic carbocycles. The zero-order valence-corrected chi connectivity index (χ0v) is 13.3. The van der Waals surface area contributed by atoms with Crippen LogP contribution < -0.4 is 9.47 Å². The van der Waals surface area contributed by atoms with E-state index in [4.69, 9.17) is 9.47 Å². The van der Waals surface area contributed by atoms with Crippen molar-refractivity contribution in [3.63, 3.8) is 0 Å². The molecule has 0 aliphatic carbocycles. The van der Waals surface area contributed by atoms with Crippen molar-refractivity contribution in [2.75, 3.05) is 14.2 Å². The summed E-state index contributed by atoms with van der Waals surface area (Å²) in [7, 11) is 2.99. The standard InChI is InChI=1S/C18H16N2O4/c1-23-16-9-12(18(21)22)8-15(17(16)24-2)13-10-19-20(11-13)14-6-4-3-5-7-14/h3-11H,1-2H3,(H,21,22). The first-order valence-corrected chi connectivity index (χ1v) is 7.24. The van der Waals surface area contributed by atoms with Gasteiger partial charge in [0.1, 0.15) is 0 Å². The Kier molecular flexibility index (Phi) is 4.20. The van der Waals surface area contributed by atoms with Gasteiger partial charge in [-0.25, -0.2) is 9.48 Å². The molecule has 6 nitrogen and oxygen atoms in total. The number of ether oxygens (including phenoxy) is 2. The van der Waals surface area contributed by atoms with Crippen molar-refractivity contribution >= 4 is 5.97 Å². The molecule has 0 aliphatic heterocycles. The van der Waals surface area contributed by atoms with E-state index in [0.717, 1.165) is 11.3 Å². The number of aromatic nitrogens is 2. The van der Waals surface area contributed by atoms with E-state index in [2.05, 4.69) is 5.10 Å². The van der Waals surface area contributed by atoms with Crippen molar-refractivity contribution in [2.24, 2.45) is 0 Å². The number of carboxylic acids is 1. The van der Waals surface area contributed by atoms with Gasteiger partial charge in [-0.2, -0.15) is 5.10 Å². The van der Waals surface area contributed by atoms with Crippen LogP contribution >= 0.6 is 0 Å². The van der Waals surface area contributed by atoms with Gasteiger partial charge in [-0.05, 0) is 24.3 Å². The summed E-state index contributed by atoms with van der Waals surface area (Å²) in [5.41, 5.74) is 2.37. The number of rotatable bonds is 5. The smallest absolute Gasteiger partial charge is 0.335 e. The highest BCUT2D eigenvalue weighted by molar-refractivity contribution is 5.91. The minimum atomic E-state index is -1.03. The van der Waals surface area contributed by atoms with Gasteiger partial charge in [-0.15, -0.1) is 0 Å². The van der Waals surface area contributed by atoms with Crippen LogP contribution in [0.2, 0.25) is 0 Å². The minimum Gasteiger partial charge on any atom is -0.493 e. The average Bonchev–Trinajstić information content (AvgIpc) is 3.11. The van der Waals surface area contributed by atoms with Crippen molar-refractivity contribution in [3.8, 4) is 28.3 Å². The summed E-state index contributed by atoms with van der Waals surface area (Å²) < 4.78 is 12.4. The number of hydrogen-bond donors (Lipinski definition) is 1. The van der Waals surface area contributed by atoms with Gasteiger partial charge in [-0.3, -0.25) is 0 Å². The SMILES string of the molecule is COc1cc(C(=O)O)cc(-c2cnn(-c3ccccc3)c2)c1OC. The van der Waals surface area contributed by atoms with E-state index < -0.39 is 5.97 Å². The number of carbonyl (C=O) groups is 1. The lowest BCUT2D eigenvalue weighted by Gasteiger charge is -2.13. The highest BCUT2D eigenvalue weighted by Gasteiger charge is 2.18. The molecule has 0 atom stereocenters. The summed E-state index contributed by atoms with van der Waals surface area (Å²) in [5.74, 6) is -0.206. The van der Waals surface area contributed by atoms with Crippen molar-refractivity contribution in [1.82, 2.24) is 9.78 Å². The van der Waals surface area contributed by atoms with Gasteiger partial charge in [0.2, 0.25) is 0 Å². The number of aromatic carboxylic acids is 1. The summed E-state index contributed by atoms with van der Waals surface area (Å²) in [6.45, 7) is 0. The lowest BCUT2D eigenvalue weighted by atomic mass is 10.0. The predicted octanol–water partition coefficient (Wildman–Crippen LogP) is 3.25. The van der Waals surface area contributed by atoms with Crippen LogP contribution in [0.25, 0.3) is 16.8 Å². The van der Waals surface area contributed by atoms with Crippen molar-refractivity contribution in [2.45, 2.75) is 0 Å². The highest BCUT2D eigenvalue weighted by atomic mass is 16.5. The predicted molar refractivity (Wildman–Crippen MR) is 89.1 cm³/mol. The van der Waals surface area contributed by atoms with Crippen LogP contribution in [0.4, 0.5) is 0 Å². The minimum absolute atomic E-state index is 0.120. The zero-order valence-electron chi connectivity index (χ0n) is 13.3. The lowest BCUT2D eigenvalue weighted by molar-refractivity contribution is 0.0696. The molecule has 0 amide bonds. The van der Waals surface area contributed by atoms with E-state index in [9.17, 15) is 9.90 Å². The monoisotopic (exact) mass is 324 g/mol. The molecule has 24 heavy (non-hydrogen) atoms. The molecule has 1 heterocycles. The summed E-state index contributed by atoms with van der Waals surface area (Å²) in [5, 5.41) is 13.6. The Bertz CT molecular complexity index is 872. The fourth-order valence-corrected chi connectivity index (χ4v) is 2.49. The maximum absolute atomic E-state index is 11.4. The van der Waals surface area contributed by atoms with Crippen molar-refractivity contribution in [3.05, 3.63) is 60.4 Å². The van der Waals surface area contributed by atoms with Crippen LogP contribution in [0.5, 0.6) is 11.5 Å². The van der Waals surface area contributed by atoms with E-state index in [1.165, 1.54) is 20.3 Å². The third-order valence-electron chi connectivity index (χ3n) is 3.64. The second-order valence-corrected chi connectivity index (χ2v) is 5.07. The molecule has 0 radical (unpaired) electrons. The maximum atomic E-state index is 11.4. The number of carboxylic acid groups (broad SMARTS) is 1. The van der Waals surface area contributed by atoms with E-state index in [1.807, 2.05) is 36.5 Å². The Morgan fingerprint density at radius 2 is 1.88 bits per heavy atom.